The van der Waals surface area contributed by atoms with Crippen LogP contribution in [0.2, 0.25) is 0 Å². The van der Waals surface area contributed by atoms with Gasteiger partial charge in [-0.3, -0.25) is 14.4 Å². The summed E-state index contributed by atoms with van der Waals surface area (Å²) in [6, 6.07) is 19.3. The van der Waals surface area contributed by atoms with Crippen molar-refractivity contribution in [3.63, 3.8) is 0 Å². The molecule has 6 nitrogen and oxygen atoms in total. The average molecular weight is 413 g/mol. The molecule has 0 bridgehead atoms. The minimum atomic E-state index is -0.284. The number of fused-ring (bicyclic) bond motifs is 3. The van der Waals surface area contributed by atoms with Gasteiger partial charge in [0, 0.05) is 16.7 Å². The van der Waals surface area contributed by atoms with Crippen molar-refractivity contribution in [2.24, 2.45) is 0 Å². The van der Waals surface area contributed by atoms with E-state index in [0.717, 1.165) is 11.0 Å². The number of carbonyl (C=O) groups excluding carboxylic acids is 3. The van der Waals surface area contributed by atoms with Crippen LogP contribution >= 0.6 is 11.8 Å². The number of H-pyrrole nitrogens is 1. The number of nitrogens with one attached hydrogen (secondary N) is 2. The smallest absolute Gasteiger partial charge is 0.234 e. The van der Waals surface area contributed by atoms with Crippen molar-refractivity contribution in [1.82, 2.24) is 9.97 Å². The molecule has 1 heterocycles. The number of hydrogen-bond acceptors (Lipinski definition) is 5. The number of amides is 1. The lowest BCUT2D eigenvalue weighted by Crippen LogP contribution is -2.24. The fraction of sp³-hybridized carbons (Fsp3) is 0.0435. The topological polar surface area (TPSA) is 91.9 Å². The molecule has 0 saturated heterocycles. The Morgan fingerprint density at radius 2 is 1.57 bits per heavy atom. The number of para-hydroxylation sites is 2. The molecule has 1 aliphatic carbocycles. The molecule has 0 unspecified atom stereocenters. The Hall–Kier alpha value is -3.71. The second kappa shape index (κ2) is 7.27. The van der Waals surface area contributed by atoms with E-state index in [4.69, 9.17) is 0 Å². The fourth-order valence-electron chi connectivity index (χ4n) is 3.57. The summed E-state index contributed by atoms with van der Waals surface area (Å²) >= 11 is 1.27. The Labute approximate surface area is 175 Å². The third-order valence-electron chi connectivity index (χ3n) is 4.93. The van der Waals surface area contributed by atoms with Crippen LogP contribution in [0.15, 0.2) is 71.9 Å². The summed E-state index contributed by atoms with van der Waals surface area (Å²) in [5.74, 6) is -0.649. The van der Waals surface area contributed by atoms with Gasteiger partial charge in [0.25, 0.3) is 0 Å². The van der Waals surface area contributed by atoms with Crippen molar-refractivity contribution in [1.29, 1.82) is 0 Å². The van der Waals surface area contributed by atoms with Gasteiger partial charge in [-0.15, -0.1) is 0 Å². The van der Waals surface area contributed by atoms with Crippen LogP contribution in [0.1, 0.15) is 31.8 Å². The third kappa shape index (κ3) is 3.09. The summed E-state index contributed by atoms with van der Waals surface area (Å²) in [5, 5.41) is 3.42. The van der Waals surface area contributed by atoms with Gasteiger partial charge in [0.05, 0.1) is 28.0 Å². The Kier molecular flexibility index (Phi) is 4.44. The highest BCUT2D eigenvalue weighted by Crippen LogP contribution is 2.32. The monoisotopic (exact) mass is 413 g/mol. The first kappa shape index (κ1) is 18.3. The van der Waals surface area contributed by atoms with Gasteiger partial charge in [-0.2, -0.15) is 0 Å². The number of nitrogens with zero attached hydrogens (tertiary/aromatic N) is 1. The van der Waals surface area contributed by atoms with Gasteiger partial charge < -0.3 is 10.3 Å². The van der Waals surface area contributed by atoms with Crippen LogP contribution in [0, 0.1) is 0 Å². The Bertz CT molecular complexity index is 1310. The number of benzene rings is 3. The third-order valence-corrected chi connectivity index (χ3v) is 5.81. The second-order valence-electron chi connectivity index (χ2n) is 6.83. The van der Waals surface area contributed by atoms with Crippen molar-refractivity contribution in [2.75, 3.05) is 11.1 Å². The SMILES string of the molecule is O=C(CSc1nc2ccccc2[nH]1)Nc1cccc2c1C(=O)c1ccccc1C2=O. The number of imidazole rings is 1. The van der Waals surface area contributed by atoms with E-state index in [1.807, 2.05) is 24.3 Å². The number of rotatable bonds is 4. The lowest BCUT2D eigenvalue weighted by atomic mass is 9.83. The molecule has 2 N–H and O–H groups in total. The molecule has 0 atom stereocenters. The number of carbonyl (C=O) groups is 3. The fourth-order valence-corrected chi connectivity index (χ4v) is 4.25. The summed E-state index contributed by atoms with van der Waals surface area (Å²) in [5.41, 5.74) is 3.37. The van der Waals surface area contributed by atoms with E-state index in [-0.39, 0.29) is 28.8 Å². The highest BCUT2D eigenvalue weighted by Gasteiger charge is 2.31. The van der Waals surface area contributed by atoms with Gasteiger partial charge >= 0.3 is 0 Å². The molecular weight excluding hydrogens is 398 g/mol. The number of ketones is 2. The van der Waals surface area contributed by atoms with Gasteiger partial charge in [0.2, 0.25) is 5.91 Å². The summed E-state index contributed by atoms with van der Waals surface area (Å²) < 4.78 is 0. The first-order valence-electron chi connectivity index (χ1n) is 9.30. The van der Waals surface area contributed by atoms with Crippen LogP contribution in [-0.2, 0) is 4.79 Å². The molecule has 146 valence electrons. The molecule has 0 aliphatic heterocycles. The van der Waals surface area contributed by atoms with Crippen molar-refractivity contribution in [3.05, 3.63) is 89.0 Å². The highest BCUT2D eigenvalue weighted by atomic mass is 32.2. The molecule has 1 amide bonds. The predicted molar refractivity (Wildman–Crippen MR) is 115 cm³/mol. The Balaban J connectivity index is 1.37. The second-order valence-corrected chi connectivity index (χ2v) is 7.79. The van der Waals surface area contributed by atoms with Gasteiger partial charge in [-0.05, 0) is 18.2 Å². The summed E-state index contributed by atoms with van der Waals surface area (Å²) in [6.07, 6.45) is 0. The van der Waals surface area contributed by atoms with Gasteiger partial charge in [0.15, 0.2) is 16.7 Å². The van der Waals surface area contributed by atoms with E-state index in [9.17, 15) is 14.4 Å². The zero-order valence-electron chi connectivity index (χ0n) is 15.6. The maximum absolute atomic E-state index is 13.0. The average Bonchev–Trinajstić information content (AvgIpc) is 3.19. The van der Waals surface area contributed by atoms with Gasteiger partial charge in [0.1, 0.15) is 0 Å². The molecule has 0 fully saturated rings. The van der Waals surface area contributed by atoms with Crippen LogP contribution in [0.5, 0.6) is 0 Å². The molecule has 1 aliphatic rings. The molecule has 0 saturated carbocycles. The van der Waals surface area contributed by atoms with Gasteiger partial charge in [-0.1, -0.05) is 60.3 Å². The van der Waals surface area contributed by atoms with E-state index in [0.29, 0.717) is 27.5 Å². The van der Waals surface area contributed by atoms with Crippen LogP contribution in [0.4, 0.5) is 5.69 Å². The van der Waals surface area contributed by atoms with E-state index >= 15 is 0 Å². The van der Waals surface area contributed by atoms with Crippen LogP contribution < -0.4 is 5.32 Å². The van der Waals surface area contributed by atoms with Crippen molar-refractivity contribution >= 4 is 46.0 Å². The number of anilines is 1. The summed E-state index contributed by atoms with van der Waals surface area (Å²) in [6.45, 7) is 0. The van der Waals surface area contributed by atoms with E-state index in [2.05, 4.69) is 15.3 Å². The molecular formula is C23H15N3O3S. The Morgan fingerprint density at radius 3 is 2.37 bits per heavy atom. The normalized spacial score (nSPS) is 12.5. The number of aromatic amines is 1. The van der Waals surface area contributed by atoms with Gasteiger partial charge in [-0.25, -0.2) is 4.98 Å². The first-order valence-corrected chi connectivity index (χ1v) is 10.3. The standard InChI is InChI=1S/C23H15N3O3S/c27-19(12-30-23-25-16-9-3-4-10-17(16)26-23)24-18-11-5-8-15-20(18)22(29)14-7-2-1-6-13(14)21(15)28/h1-11H,12H2,(H,24,27)(H,25,26). The van der Waals surface area contributed by atoms with Crippen molar-refractivity contribution < 1.29 is 14.4 Å². The molecule has 7 heteroatoms. The van der Waals surface area contributed by atoms with Crippen molar-refractivity contribution in [3.8, 4) is 0 Å². The van der Waals surface area contributed by atoms with Crippen LogP contribution in [0.25, 0.3) is 11.0 Å². The summed E-state index contributed by atoms with van der Waals surface area (Å²) in [7, 11) is 0. The molecule has 30 heavy (non-hydrogen) atoms. The van der Waals surface area contributed by atoms with Crippen LogP contribution in [-0.4, -0.2) is 33.2 Å². The molecule has 1 aromatic heterocycles. The largest absolute Gasteiger partial charge is 0.333 e. The molecule has 4 aromatic rings. The van der Waals surface area contributed by atoms with Crippen molar-refractivity contribution in [2.45, 2.75) is 5.16 Å². The minimum Gasteiger partial charge on any atom is -0.333 e. The zero-order chi connectivity index (χ0) is 20.7. The molecule has 0 spiro atoms. The number of hydrogen-bond donors (Lipinski definition) is 2. The molecule has 5 rings (SSSR count). The summed E-state index contributed by atoms with van der Waals surface area (Å²) in [4.78, 5) is 46.0. The lowest BCUT2D eigenvalue weighted by molar-refractivity contribution is -0.113. The predicted octanol–water partition coefficient (Wildman–Crippen LogP) is 4.07. The minimum absolute atomic E-state index is 0.113. The first-order chi connectivity index (χ1) is 14.6. The lowest BCUT2D eigenvalue weighted by Gasteiger charge is -2.20. The maximum Gasteiger partial charge on any atom is 0.234 e. The zero-order valence-corrected chi connectivity index (χ0v) is 16.5. The maximum atomic E-state index is 13.0. The van der Waals surface area contributed by atoms with Crippen LogP contribution in [0.3, 0.4) is 0 Å². The number of aromatic nitrogens is 2. The van der Waals surface area contributed by atoms with E-state index in [1.165, 1.54) is 11.8 Å². The molecule has 3 aromatic carbocycles. The van der Waals surface area contributed by atoms with E-state index < -0.39 is 0 Å². The quantitative estimate of drug-likeness (QED) is 0.434. The number of thioether (sulfide) groups is 1. The Morgan fingerprint density at radius 1 is 0.867 bits per heavy atom. The molecule has 0 radical (unpaired) electrons. The highest BCUT2D eigenvalue weighted by molar-refractivity contribution is 7.99. The van der Waals surface area contributed by atoms with E-state index in [1.54, 1.807) is 42.5 Å².